The highest BCUT2D eigenvalue weighted by molar-refractivity contribution is 6.12. The van der Waals surface area contributed by atoms with Crippen LogP contribution in [0.2, 0.25) is 0 Å². The number of para-hydroxylation sites is 2. The molecule has 0 spiro atoms. The Labute approximate surface area is 450 Å². The average Bonchev–Trinajstić information content (AvgIpc) is 4.19. The summed E-state index contributed by atoms with van der Waals surface area (Å²) in [5.41, 5.74) is 18.9. The van der Waals surface area contributed by atoms with Gasteiger partial charge in [0.05, 0.1) is 33.3 Å². The molecule has 3 heterocycles. The fourth-order valence-corrected chi connectivity index (χ4v) is 12.2. The second-order valence-electron chi connectivity index (χ2n) is 20.7. The molecule has 8 heteroatoms. The minimum absolute atomic E-state index is 0.319. The normalized spacial score (nSPS) is 11.9. The van der Waals surface area contributed by atoms with Gasteiger partial charge in [0.1, 0.15) is 0 Å². The van der Waals surface area contributed by atoms with Gasteiger partial charge in [-0.2, -0.15) is 13.2 Å². The molecule has 0 fully saturated rings. The predicted octanol–water partition coefficient (Wildman–Crippen LogP) is 18.9. The van der Waals surface area contributed by atoms with Crippen molar-refractivity contribution >= 4 is 43.6 Å². The molecule has 3 aromatic heterocycles. The zero-order chi connectivity index (χ0) is 53.6. The fraction of sp³-hybridized carbons (Fsp3) is 0.100. The third-order valence-electron chi connectivity index (χ3n) is 15.3. The first-order valence-electron chi connectivity index (χ1n) is 26.2. The summed E-state index contributed by atoms with van der Waals surface area (Å²) in [7, 11) is 0. The maximum atomic E-state index is 15.5. The predicted molar refractivity (Wildman–Crippen MR) is 315 cm³/mol. The van der Waals surface area contributed by atoms with E-state index in [-0.39, 0.29) is 0 Å². The van der Waals surface area contributed by atoms with Gasteiger partial charge in [-0.25, -0.2) is 15.0 Å². The summed E-state index contributed by atoms with van der Waals surface area (Å²) in [6, 6.07) is 68.0. The first kappa shape index (κ1) is 48.3. The van der Waals surface area contributed by atoms with Crippen molar-refractivity contribution < 1.29 is 13.2 Å². The lowest BCUT2D eigenvalue weighted by Gasteiger charge is -2.20. The highest BCUT2D eigenvalue weighted by atomic mass is 19.4. The molecule has 0 aliphatic carbocycles. The van der Waals surface area contributed by atoms with E-state index in [1.807, 2.05) is 103 Å². The number of benzene rings is 10. The van der Waals surface area contributed by atoms with Gasteiger partial charge in [-0.05, 0) is 164 Å². The molecule has 0 radical (unpaired) electrons. The van der Waals surface area contributed by atoms with E-state index in [4.69, 9.17) is 15.0 Å². The van der Waals surface area contributed by atoms with Gasteiger partial charge in [-0.1, -0.05) is 145 Å². The number of hydrogen-bond donors (Lipinski definition) is 0. The lowest BCUT2D eigenvalue weighted by Crippen LogP contribution is -2.08. The highest BCUT2D eigenvalue weighted by Gasteiger charge is 2.33. The molecule has 0 saturated carbocycles. The van der Waals surface area contributed by atoms with Crippen LogP contribution in [0.3, 0.4) is 0 Å². The quantitative estimate of drug-likeness (QED) is 0.152. The van der Waals surface area contributed by atoms with Crippen molar-refractivity contribution in [3.05, 3.63) is 245 Å². The van der Waals surface area contributed by atoms with Crippen molar-refractivity contribution in [1.82, 2.24) is 24.1 Å². The number of rotatable bonds is 8. The van der Waals surface area contributed by atoms with E-state index in [0.29, 0.717) is 39.9 Å². The summed E-state index contributed by atoms with van der Waals surface area (Å²) < 4.78 is 50.8. The SMILES string of the molecule is Cc1cc(C)c(-c2ccc3c(c2)c2ccccc2n3-c2ccc(-c3nc(-c4ccccc4)nc(-c4ccccc4)n3)c(-c3cc(C(F)(F)F)ccc3-n3c4ccccc4c4cc(-c5c(C)cc(C)cc5C)ccc43)c2)c(C)c1. The Morgan fingerprint density at radius 1 is 0.333 bits per heavy atom. The molecule has 0 atom stereocenters. The highest BCUT2D eigenvalue weighted by Crippen LogP contribution is 2.46. The molecular formula is C70H52F3N5. The molecule has 0 unspecified atom stereocenters. The molecular weight excluding hydrogens is 968 g/mol. The number of aromatic nitrogens is 5. The van der Waals surface area contributed by atoms with E-state index >= 15 is 13.2 Å². The molecule has 0 N–H and O–H groups in total. The van der Waals surface area contributed by atoms with E-state index in [9.17, 15) is 0 Å². The summed E-state index contributed by atoms with van der Waals surface area (Å²) in [6.45, 7) is 12.8. The van der Waals surface area contributed by atoms with Gasteiger partial charge >= 0.3 is 6.18 Å². The third-order valence-corrected chi connectivity index (χ3v) is 15.3. The zero-order valence-electron chi connectivity index (χ0n) is 44.0. The maximum absolute atomic E-state index is 15.5. The summed E-state index contributed by atoms with van der Waals surface area (Å²) in [5.74, 6) is 1.19. The Morgan fingerprint density at radius 2 is 0.782 bits per heavy atom. The minimum Gasteiger partial charge on any atom is -0.309 e. The molecule has 13 rings (SSSR count). The van der Waals surface area contributed by atoms with Crippen LogP contribution < -0.4 is 0 Å². The van der Waals surface area contributed by atoms with Crippen LogP contribution in [0.25, 0.3) is 123 Å². The smallest absolute Gasteiger partial charge is 0.309 e. The lowest BCUT2D eigenvalue weighted by atomic mass is 9.93. The standard InChI is InChI=1S/C70H52F3N5/c1-41-33-43(3)65(44(4)34-41)49-25-30-62-57(37-49)53-21-13-15-23-60(53)77(62)52-28-29-55(69-75-67(47-17-9-7-10-18-47)74-68(76-69)48-19-11-8-12-20-48)56(40-52)59-39-51(70(71,72)73)27-32-64(59)78-61-24-16-14-22-54(61)58-38-50(26-31-63(58)78)66-45(5)35-42(2)36-46(66)6/h7-40H,1-6H3. The van der Waals surface area contributed by atoms with Gasteiger partial charge < -0.3 is 9.13 Å². The maximum Gasteiger partial charge on any atom is 0.416 e. The van der Waals surface area contributed by atoms with E-state index in [1.54, 1.807) is 6.07 Å². The number of alkyl halides is 3. The zero-order valence-corrected chi connectivity index (χ0v) is 44.0. The van der Waals surface area contributed by atoms with Crippen molar-refractivity contribution in [3.8, 4) is 78.9 Å². The van der Waals surface area contributed by atoms with Gasteiger partial charge in [0, 0.05) is 49.5 Å². The summed E-state index contributed by atoms with van der Waals surface area (Å²) in [5, 5.41) is 4.08. The van der Waals surface area contributed by atoms with Crippen molar-refractivity contribution in [2.45, 2.75) is 47.7 Å². The molecule has 10 aromatic carbocycles. The van der Waals surface area contributed by atoms with Crippen LogP contribution in [0.5, 0.6) is 0 Å². The van der Waals surface area contributed by atoms with Crippen LogP contribution in [0.4, 0.5) is 13.2 Å². The average molecular weight is 1020 g/mol. The fourth-order valence-electron chi connectivity index (χ4n) is 12.2. The summed E-state index contributed by atoms with van der Waals surface area (Å²) in [6.07, 6.45) is -4.67. The number of hydrogen-bond acceptors (Lipinski definition) is 3. The molecule has 0 amide bonds. The Kier molecular flexibility index (Phi) is 11.6. The number of fused-ring (bicyclic) bond motifs is 6. The number of nitrogens with zero attached hydrogens (tertiary/aromatic N) is 5. The largest absolute Gasteiger partial charge is 0.416 e. The van der Waals surface area contributed by atoms with Crippen molar-refractivity contribution in [2.24, 2.45) is 0 Å². The van der Waals surface area contributed by atoms with Crippen molar-refractivity contribution in [3.63, 3.8) is 0 Å². The van der Waals surface area contributed by atoms with Crippen LogP contribution in [0.15, 0.2) is 206 Å². The van der Waals surface area contributed by atoms with Gasteiger partial charge in [-0.15, -0.1) is 0 Å². The van der Waals surface area contributed by atoms with Crippen LogP contribution in [-0.4, -0.2) is 24.1 Å². The molecule has 78 heavy (non-hydrogen) atoms. The molecule has 0 bridgehead atoms. The second kappa shape index (κ2) is 18.7. The van der Waals surface area contributed by atoms with Crippen molar-refractivity contribution in [2.75, 3.05) is 0 Å². The van der Waals surface area contributed by atoms with Crippen LogP contribution in [0, 0.1) is 41.5 Å². The Balaban J connectivity index is 1.12. The minimum atomic E-state index is -4.67. The molecule has 0 aliphatic heterocycles. The van der Waals surface area contributed by atoms with Gasteiger partial charge in [-0.3, -0.25) is 0 Å². The summed E-state index contributed by atoms with van der Waals surface area (Å²) in [4.78, 5) is 15.4. The van der Waals surface area contributed by atoms with E-state index in [1.165, 1.54) is 56.6 Å². The molecule has 13 aromatic rings. The third kappa shape index (κ3) is 8.23. The lowest BCUT2D eigenvalue weighted by molar-refractivity contribution is -0.137. The van der Waals surface area contributed by atoms with E-state index < -0.39 is 11.7 Å². The summed E-state index contributed by atoms with van der Waals surface area (Å²) >= 11 is 0. The van der Waals surface area contributed by atoms with Gasteiger partial charge in [0.2, 0.25) is 0 Å². The topological polar surface area (TPSA) is 48.5 Å². The molecule has 0 aliphatic rings. The Hall–Kier alpha value is -9.40. The Morgan fingerprint density at radius 3 is 1.29 bits per heavy atom. The van der Waals surface area contributed by atoms with E-state index in [2.05, 4.69) is 136 Å². The molecule has 0 saturated heterocycles. The van der Waals surface area contributed by atoms with Crippen LogP contribution in [-0.2, 0) is 6.18 Å². The molecule has 5 nitrogen and oxygen atoms in total. The number of halogens is 3. The van der Waals surface area contributed by atoms with Gasteiger partial charge in [0.15, 0.2) is 17.5 Å². The monoisotopic (exact) mass is 1020 g/mol. The Bertz CT molecular complexity index is 4440. The number of aryl methyl sites for hydroxylation is 6. The van der Waals surface area contributed by atoms with Crippen molar-refractivity contribution in [1.29, 1.82) is 0 Å². The van der Waals surface area contributed by atoms with Gasteiger partial charge in [0.25, 0.3) is 0 Å². The van der Waals surface area contributed by atoms with Crippen LogP contribution >= 0.6 is 0 Å². The molecule has 378 valence electrons. The van der Waals surface area contributed by atoms with Crippen LogP contribution in [0.1, 0.15) is 38.9 Å². The van der Waals surface area contributed by atoms with E-state index in [0.717, 1.165) is 71.6 Å². The first-order chi connectivity index (χ1) is 37.8. The second-order valence-corrected chi connectivity index (χ2v) is 20.7. The first-order valence-corrected chi connectivity index (χ1v) is 26.2.